The number of thiocarbonyl (C=S) groups is 1. The number of aryl methyl sites for hydroxylation is 3. The van der Waals surface area contributed by atoms with Crippen molar-refractivity contribution in [2.75, 3.05) is 29.6 Å². The second kappa shape index (κ2) is 10.0. The molecule has 3 N–H and O–H groups in total. The van der Waals surface area contributed by atoms with Crippen LogP contribution in [0.5, 0.6) is 0 Å². The first-order chi connectivity index (χ1) is 15.4. The predicted octanol–water partition coefficient (Wildman–Crippen LogP) is 4.75. The van der Waals surface area contributed by atoms with Gasteiger partial charge in [-0.1, -0.05) is 17.7 Å². The van der Waals surface area contributed by atoms with Crippen molar-refractivity contribution < 1.29 is 0 Å². The van der Waals surface area contributed by atoms with Crippen LogP contribution in [0.25, 0.3) is 0 Å². The van der Waals surface area contributed by atoms with Crippen LogP contribution in [0.2, 0.25) is 0 Å². The van der Waals surface area contributed by atoms with Gasteiger partial charge in [0, 0.05) is 37.4 Å². The summed E-state index contributed by atoms with van der Waals surface area (Å²) in [5.74, 6) is 1.87. The largest absolute Gasteiger partial charge is 0.362 e. The van der Waals surface area contributed by atoms with Gasteiger partial charge >= 0.3 is 0 Å². The number of hydrogen-bond donors (Lipinski definition) is 3. The Morgan fingerprint density at radius 3 is 2.44 bits per heavy atom. The second-order valence-electron chi connectivity index (χ2n) is 9.51. The van der Waals surface area contributed by atoms with Crippen molar-refractivity contribution in [1.29, 1.82) is 0 Å². The molecule has 0 radical (unpaired) electrons. The number of nitrogens with zero attached hydrogens (tertiary/aromatic N) is 3. The molecule has 0 spiro atoms. The fourth-order valence-electron chi connectivity index (χ4n) is 4.87. The molecule has 0 saturated heterocycles. The van der Waals surface area contributed by atoms with Gasteiger partial charge in [-0.15, -0.1) is 0 Å². The van der Waals surface area contributed by atoms with E-state index in [1.165, 1.54) is 35.2 Å². The molecule has 32 heavy (non-hydrogen) atoms. The van der Waals surface area contributed by atoms with E-state index in [2.05, 4.69) is 67.0 Å². The van der Waals surface area contributed by atoms with E-state index in [1.54, 1.807) is 0 Å². The Balaban J connectivity index is 1.30. The van der Waals surface area contributed by atoms with Gasteiger partial charge in [-0.25, -0.2) is 4.98 Å². The lowest BCUT2D eigenvalue weighted by atomic mass is 9.91. The van der Waals surface area contributed by atoms with Crippen LogP contribution in [0.15, 0.2) is 18.2 Å². The van der Waals surface area contributed by atoms with Gasteiger partial charge in [-0.05, 0) is 89.1 Å². The fourth-order valence-corrected chi connectivity index (χ4v) is 5.15. The lowest BCUT2D eigenvalue weighted by Gasteiger charge is -2.31. The topological polar surface area (TPSA) is 65.1 Å². The van der Waals surface area contributed by atoms with Crippen molar-refractivity contribution in [3.8, 4) is 0 Å². The Morgan fingerprint density at radius 1 is 1.00 bits per heavy atom. The highest BCUT2D eigenvalue weighted by Gasteiger charge is 2.24. The van der Waals surface area contributed by atoms with Crippen LogP contribution in [-0.4, -0.2) is 41.3 Å². The number of nitrogens with one attached hydrogen (secondary N) is 3. The van der Waals surface area contributed by atoms with Gasteiger partial charge in [0.05, 0.1) is 5.69 Å². The molecule has 1 aromatic carbocycles. The molecule has 1 fully saturated rings. The van der Waals surface area contributed by atoms with Crippen molar-refractivity contribution in [1.82, 2.24) is 15.3 Å². The van der Waals surface area contributed by atoms with Gasteiger partial charge in [-0.2, -0.15) is 4.98 Å². The first-order valence-corrected chi connectivity index (χ1v) is 12.3. The Bertz CT molecular complexity index is 965. The number of rotatable bonds is 5. The van der Waals surface area contributed by atoms with Crippen molar-refractivity contribution in [2.24, 2.45) is 0 Å². The highest BCUT2D eigenvalue weighted by molar-refractivity contribution is 7.80. The maximum absolute atomic E-state index is 5.58. The van der Waals surface area contributed by atoms with Crippen LogP contribution < -0.4 is 20.9 Å². The number of anilines is 3. The van der Waals surface area contributed by atoms with E-state index >= 15 is 0 Å². The van der Waals surface area contributed by atoms with Crippen molar-refractivity contribution >= 4 is 34.8 Å². The quantitative estimate of drug-likeness (QED) is 0.566. The third-order valence-electron chi connectivity index (χ3n) is 6.61. The van der Waals surface area contributed by atoms with Crippen LogP contribution >= 0.6 is 12.2 Å². The Morgan fingerprint density at radius 2 is 1.72 bits per heavy atom. The van der Waals surface area contributed by atoms with Crippen LogP contribution in [0, 0.1) is 13.8 Å². The van der Waals surface area contributed by atoms with Crippen LogP contribution in [-0.2, 0) is 12.8 Å². The summed E-state index contributed by atoms with van der Waals surface area (Å²) in [5, 5.41) is 11.2. The minimum atomic E-state index is 0.403. The van der Waals surface area contributed by atoms with E-state index in [4.69, 9.17) is 22.2 Å². The van der Waals surface area contributed by atoms with Gasteiger partial charge in [0.2, 0.25) is 5.95 Å². The van der Waals surface area contributed by atoms with Crippen LogP contribution in [0.3, 0.4) is 0 Å². The standard InChI is InChI=1S/C25H36N6S/c1-16-9-14-21(17(2)15-16)29-25(32)27-19-12-10-18(11-13-19)26-24-28-22-8-6-5-7-20(22)23(30-24)31(3)4/h9,14-15,18-19H,5-8,10-13H2,1-4H3,(H,26,28,30)(H2,27,29,32)/t18-,19+. The number of hydrogen-bond acceptors (Lipinski definition) is 5. The molecule has 0 bridgehead atoms. The van der Waals surface area contributed by atoms with E-state index < -0.39 is 0 Å². The average molecular weight is 453 g/mol. The molecule has 0 unspecified atom stereocenters. The van der Waals surface area contributed by atoms with Crippen molar-refractivity contribution in [3.63, 3.8) is 0 Å². The van der Waals surface area contributed by atoms with Crippen molar-refractivity contribution in [2.45, 2.75) is 77.3 Å². The summed E-state index contributed by atoms with van der Waals surface area (Å²) in [7, 11) is 4.15. The molecule has 2 aliphatic rings. The van der Waals surface area contributed by atoms with E-state index in [1.807, 2.05) is 0 Å². The molecule has 172 valence electrons. The Labute approximate surface area is 197 Å². The third-order valence-corrected chi connectivity index (χ3v) is 6.83. The van der Waals surface area contributed by atoms with Gasteiger partial charge in [0.25, 0.3) is 0 Å². The highest BCUT2D eigenvalue weighted by Crippen LogP contribution is 2.29. The molecule has 1 heterocycles. The minimum Gasteiger partial charge on any atom is -0.362 e. The normalized spacial score (nSPS) is 20.2. The second-order valence-corrected chi connectivity index (χ2v) is 9.92. The van der Waals surface area contributed by atoms with Crippen molar-refractivity contribution in [3.05, 3.63) is 40.6 Å². The zero-order valence-electron chi connectivity index (χ0n) is 19.8. The molecule has 4 rings (SSSR count). The summed E-state index contributed by atoms with van der Waals surface area (Å²) in [4.78, 5) is 11.9. The Hall–Kier alpha value is -2.41. The van der Waals surface area contributed by atoms with E-state index in [9.17, 15) is 0 Å². The zero-order chi connectivity index (χ0) is 22.7. The fraction of sp³-hybridized carbons (Fsp3) is 0.560. The molecular formula is C25H36N6S. The molecule has 0 amide bonds. The number of aromatic nitrogens is 2. The monoisotopic (exact) mass is 452 g/mol. The van der Waals surface area contributed by atoms with Crippen LogP contribution in [0.1, 0.15) is 60.9 Å². The van der Waals surface area contributed by atoms with Crippen LogP contribution in [0.4, 0.5) is 17.5 Å². The van der Waals surface area contributed by atoms with Gasteiger partial charge in [-0.3, -0.25) is 0 Å². The first kappa shape index (κ1) is 22.8. The highest BCUT2D eigenvalue weighted by atomic mass is 32.1. The molecule has 2 aromatic rings. The number of fused-ring (bicyclic) bond motifs is 1. The SMILES string of the molecule is Cc1ccc(NC(=S)N[C@H]2CC[C@@H](Nc3nc4c(c(N(C)C)n3)CCCC4)CC2)c(C)c1. The van der Waals surface area contributed by atoms with E-state index in [-0.39, 0.29) is 0 Å². The summed E-state index contributed by atoms with van der Waals surface area (Å²) in [6.07, 6.45) is 8.95. The van der Waals surface area contributed by atoms with E-state index in [0.717, 1.165) is 56.0 Å². The lowest BCUT2D eigenvalue weighted by Crippen LogP contribution is -2.42. The molecule has 2 aliphatic carbocycles. The summed E-state index contributed by atoms with van der Waals surface area (Å²) in [6, 6.07) is 7.19. The molecule has 0 aliphatic heterocycles. The summed E-state index contributed by atoms with van der Waals surface area (Å²) >= 11 is 5.58. The molecular weight excluding hydrogens is 416 g/mol. The van der Waals surface area contributed by atoms with Gasteiger partial charge < -0.3 is 20.9 Å². The van der Waals surface area contributed by atoms with E-state index in [0.29, 0.717) is 17.2 Å². The summed E-state index contributed by atoms with van der Waals surface area (Å²) in [6.45, 7) is 4.22. The Kier molecular flexibility index (Phi) is 7.13. The third kappa shape index (κ3) is 5.49. The summed E-state index contributed by atoms with van der Waals surface area (Å²) < 4.78 is 0. The molecule has 6 nitrogen and oxygen atoms in total. The van der Waals surface area contributed by atoms with Gasteiger partial charge in [0.1, 0.15) is 5.82 Å². The zero-order valence-corrected chi connectivity index (χ0v) is 20.6. The number of benzene rings is 1. The minimum absolute atomic E-state index is 0.403. The molecule has 1 saturated carbocycles. The molecule has 0 atom stereocenters. The predicted molar refractivity (Wildman–Crippen MR) is 138 cm³/mol. The maximum Gasteiger partial charge on any atom is 0.225 e. The molecule has 1 aromatic heterocycles. The average Bonchev–Trinajstić information content (AvgIpc) is 2.76. The maximum atomic E-state index is 5.58. The molecule has 7 heteroatoms. The van der Waals surface area contributed by atoms with Gasteiger partial charge in [0.15, 0.2) is 5.11 Å². The first-order valence-electron chi connectivity index (χ1n) is 11.9. The lowest BCUT2D eigenvalue weighted by molar-refractivity contribution is 0.387. The smallest absolute Gasteiger partial charge is 0.225 e. The summed E-state index contributed by atoms with van der Waals surface area (Å²) in [5.41, 5.74) is 6.12.